The molecule has 1 atom stereocenters. The Morgan fingerprint density at radius 2 is 1.12 bits per heavy atom. The third-order valence-electron chi connectivity index (χ3n) is 4.24. The van der Waals surface area contributed by atoms with E-state index in [1.54, 1.807) is 31.2 Å². The summed E-state index contributed by atoms with van der Waals surface area (Å²) in [5.41, 5.74) is 2.24. The van der Waals surface area contributed by atoms with Crippen LogP contribution in [0.5, 0.6) is 0 Å². The van der Waals surface area contributed by atoms with E-state index in [1.165, 1.54) is 0 Å². The highest BCUT2D eigenvalue weighted by Gasteiger charge is 2.28. The fourth-order valence-electron chi connectivity index (χ4n) is 2.76. The Morgan fingerprint density at radius 3 is 1.58 bits per heavy atom. The van der Waals surface area contributed by atoms with Crippen molar-refractivity contribution in [3.63, 3.8) is 0 Å². The molecule has 0 amide bonds. The van der Waals surface area contributed by atoms with E-state index in [9.17, 15) is 9.59 Å². The van der Waals surface area contributed by atoms with E-state index in [0.29, 0.717) is 5.56 Å². The Labute approximate surface area is 153 Å². The van der Waals surface area contributed by atoms with Crippen molar-refractivity contribution in [3.8, 4) is 0 Å². The highest BCUT2D eigenvalue weighted by atomic mass is 16.5. The summed E-state index contributed by atoms with van der Waals surface area (Å²) in [6.07, 6.45) is -0.545. The molecule has 0 saturated carbocycles. The molecule has 0 aromatic heterocycles. The maximum absolute atomic E-state index is 12.7. The number of ketones is 1. The molecule has 0 N–H and O–H groups in total. The van der Waals surface area contributed by atoms with Gasteiger partial charge in [0.1, 0.15) is 5.92 Å². The fraction of sp³-hybridized carbons (Fsp3) is 0.130. The minimum atomic E-state index is -0.868. The van der Waals surface area contributed by atoms with Crippen molar-refractivity contribution >= 4 is 11.8 Å². The van der Waals surface area contributed by atoms with Crippen molar-refractivity contribution in [1.29, 1.82) is 0 Å². The van der Waals surface area contributed by atoms with Crippen LogP contribution in [0.4, 0.5) is 0 Å². The second-order valence-electron chi connectivity index (χ2n) is 6.09. The van der Waals surface area contributed by atoms with Crippen LogP contribution in [-0.4, -0.2) is 11.8 Å². The summed E-state index contributed by atoms with van der Waals surface area (Å²) in [6, 6.07) is 27.9. The molecular formula is C23H20O3. The van der Waals surface area contributed by atoms with Gasteiger partial charge in [-0.3, -0.25) is 9.59 Å². The lowest BCUT2D eigenvalue weighted by Gasteiger charge is -2.21. The summed E-state index contributed by atoms with van der Waals surface area (Å²) in [4.78, 5) is 25.2. The predicted octanol–water partition coefficient (Wildman–Crippen LogP) is 4.84. The number of carbonyl (C=O) groups excluding carboxylic acids is 2. The fourth-order valence-corrected chi connectivity index (χ4v) is 2.76. The molecule has 3 rings (SSSR count). The van der Waals surface area contributed by atoms with Crippen LogP contribution in [0.2, 0.25) is 0 Å². The quantitative estimate of drug-likeness (QED) is 0.365. The molecule has 0 fully saturated rings. The monoisotopic (exact) mass is 344 g/mol. The topological polar surface area (TPSA) is 43.4 Å². The molecule has 0 radical (unpaired) electrons. The molecule has 0 aliphatic rings. The predicted molar refractivity (Wildman–Crippen MR) is 101 cm³/mol. The van der Waals surface area contributed by atoms with Crippen LogP contribution >= 0.6 is 0 Å². The van der Waals surface area contributed by atoms with Gasteiger partial charge in [0.2, 0.25) is 0 Å². The molecule has 0 spiro atoms. The first kappa shape index (κ1) is 17.6. The number of hydrogen-bond acceptors (Lipinski definition) is 3. The van der Waals surface area contributed by atoms with Crippen LogP contribution in [0.15, 0.2) is 91.0 Å². The van der Waals surface area contributed by atoms with Crippen molar-refractivity contribution in [1.82, 2.24) is 0 Å². The number of hydrogen-bond donors (Lipinski definition) is 0. The number of Topliss-reactive ketones (excluding diaryl/α,β-unsaturated/α-hetero) is 1. The van der Waals surface area contributed by atoms with Gasteiger partial charge in [-0.15, -0.1) is 0 Å². The molecule has 26 heavy (non-hydrogen) atoms. The van der Waals surface area contributed by atoms with E-state index in [1.807, 2.05) is 66.7 Å². The van der Waals surface area contributed by atoms with Gasteiger partial charge in [0.25, 0.3) is 0 Å². The second-order valence-corrected chi connectivity index (χ2v) is 6.09. The number of benzene rings is 3. The molecule has 3 heteroatoms. The lowest BCUT2D eigenvalue weighted by Crippen LogP contribution is -2.25. The molecular weight excluding hydrogens is 324 g/mol. The lowest BCUT2D eigenvalue weighted by atomic mass is 9.98. The van der Waals surface area contributed by atoms with E-state index in [0.717, 1.165) is 11.1 Å². The van der Waals surface area contributed by atoms with Crippen LogP contribution in [0.3, 0.4) is 0 Å². The van der Waals surface area contributed by atoms with E-state index in [-0.39, 0.29) is 5.78 Å². The molecule has 0 unspecified atom stereocenters. The average Bonchev–Trinajstić information content (AvgIpc) is 2.72. The average molecular weight is 344 g/mol. The minimum Gasteiger partial charge on any atom is -0.452 e. The molecule has 3 nitrogen and oxygen atoms in total. The van der Waals surface area contributed by atoms with Crippen LogP contribution in [-0.2, 0) is 9.53 Å². The molecule has 0 saturated heterocycles. The maximum Gasteiger partial charge on any atom is 0.317 e. The lowest BCUT2D eigenvalue weighted by molar-refractivity contribution is -0.150. The van der Waals surface area contributed by atoms with Crippen LogP contribution in [0.1, 0.15) is 34.5 Å². The van der Waals surface area contributed by atoms with Crippen molar-refractivity contribution in [3.05, 3.63) is 108 Å². The Morgan fingerprint density at radius 1 is 0.692 bits per heavy atom. The summed E-state index contributed by atoms with van der Waals surface area (Å²) in [7, 11) is 0. The number of rotatable bonds is 6. The minimum absolute atomic E-state index is 0.240. The van der Waals surface area contributed by atoms with Crippen molar-refractivity contribution < 1.29 is 14.3 Å². The van der Waals surface area contributed by atoms with Crippen LogP contribution in [0, 0.1) is 5.92 Å². The summed E-state index contributed by atoms with van der Waals surface area (Å²) < 4.78 is 5.77. The first-order valence-corrected chi connectivity index (χ1v) is 8.56. The standard InChI is InChI=1S/C23H20O3/c1-17(21(24)18-11-5-2-6-12-18)23(25)26-22(19-13-7-3-8-14-19)20-15-9-4-10-16-20/h2-17,22H,1H3/t17-/m0/s1. The van der Waals surface area contributed by atoms with E-state index in [4.69, 9.17) is 4.74 Å². The van der Waals surface area contributed by atoms with Gasteiger partial charge in [0.05, 0.1) is 0 Å². The van der Waals surface area contributed by atoms with E-state index >= 15 is 0 Å². The van der Waals surface area contributed by atoms with E-state index in [2.05, 4.69) is 0 Å². The Balaban J connectivity index is 1.83. The van der Waals surface area contributed by atoms with Gasteiger partial charge in [-0.1, -0.05) is 91.0 Å². The highest BCUT2D eigenvalue weighted by Crippen LogP contribution is 2.27. The first-order valence-electron chi connectivity index (χ1n) is 8.56. The van der Waals surface area contributed by atoms with Gasteiger partial charge in [-0.05, 0) is 18.1 Å². The van der Waals surface area contributed by atoms with Crippen LogP contribution in [0.25, 0.3) is 0 Å². The molecule has 0 heterocycles. The van der Waals surface area contributed by atoms with Crippen molar-refractivity contribution in [2.24, 2.45) is 5.92 Å². The first-order chi connectivity index (χ1) is 12.7. The third kappa shape index (κ3) is 4.06. The van der Waals surface area contributed by atoms with Gasteiger partial charge in [-0.25, -0.2) is 0 Å². The molecule has 3 aromatic rings. The van der Waals surface area contributed by atoms with Crippen LogP contribution < -0.4 is 0 Å². The molecule has 0 bridgehead atoms. The number of carbonyl (C=O) groups is 2. The highest BCUT2D eigenvalue weighted by molar-refractivity contribution is 6.08. The Hall–Kier alpha value is -3.20. The van der Waals surface area contributed by atoms with Gasteiger partial charge >= 0.3 is 5.97 Å². The maximum atomic E-state index is 12.7. The van der Waals surface area contributed by atoms with Crippen molar-refractivity contribution in [2.75, 3.05) is 0 Å². The zero-order chi connectivity index (χ0) is 18.4. The normalized spacial score (nSPS) is 11.8. The SMILES string of the molecule is C[C@H](C(=O)OC(c1ccccc1)c1ccccc1)C(=O)c1ccccc1. The van der Waals surface area contributed by atoms with Gasteiger partial charge in [0.15, 0.2) is 11.9 Å². The smallest absolute Gasteiger partial charge is 0.317 e. The second kappa shape index (κ2) is 8.26. The zero-order valence-electron chi connectivity index (χ0n) is 14.5. The summed E-state index contributed by atoms with van der Waals surface area (Å²) >= 11 is 0. The number of ether oxygens (including phenoxy) is 1. The molecule has 3 aromatic carbocycles. The summed E-state index contributed by atoms with van der Waals surface area (Å²) in [5.74, 6) is -1.64. The molecule has 130 valence electrons. The summed E-state index contributed by atoms with van der Waals surface area (Å²) in [5, 5.41) is 0. The number of esters is 1. The third-order valence-corrected chi connectivity index (χ3v) is 4.24. The van der Waals surface area contributed by atoms with E-state index < -0.39 is 18.0 Å². The zero-order valence-corrected chi connectivity index (χ0v) is 14.5. The van der Waals surface area contributed by atoms with Gasteiger partial charge in [-0.2, -0.15) is 0 Å². The van der Waals surface area contributed by atoms with Crippen molar-refractivity contribution in [2.45, 2.75) is 13.0 Å². The largest absolute Gasteiger partial charge is 0.452 e. The summed E-state index contributed by atoms with van der Waals surface area (Å²) in [6.45, 7) is 1.59. The Bertz CT molecular complexity index is 818. The van der Waals surface area contributed by atoms with Gasteiger partial charge < -0.3 is 4.74 Å². The molecule has 0 aliphatic heterocycles. The van der Waals surface area contributed by atoms with Gasteiger partial charge in [0, 0.05) is 5.56 Å². The Kier molecular flexibility index (Phi) is 5.59. The molecule has 0 aliphatic carbocycles.